The molecule has 2 aromatic carbocycles. The van der Waals surface area contributed by atoms with Gasteiger partial charge in [0, 0.05) is 17.8 Å². The van der Waals surface area contributed by atoms with E-state index in [1.165, 1.54) is 11.3 Å². The van der Waals surface area contributed by atoms with Crippen LogP contribution >= 0.6 is 22.9 Å². The number of carbonyl (C=O) groups is 2. The highest BCUT2D eigenvalue weighted by molar-refractivity contribution is 7.89. The Morgan fingerprint density at radius 1 is 1.14 bits per heavy atom. The highest BCUT2D eigenvalue weighted by Crippen LogP contribution is 2.25. The summed E-state index contributed by atoms with van der Waals surface area (Å²) in [6, 6.07) is 11.5. The number of hydrogen-bond donors (Lipinski definition) is 4. The number of rotatable bonds is 12. The molecule has 3 rings (SSSR count). The van der Waals surface area contributed by atoms with E-state index in [0.717, 1.165) is 28.3 Å². The minimum absolute atomic E-state index is 0.00130. The van der Waals surface area contributed by atoms with E-state index in [1.54, 1.807) is 6.07 Å². The minimum atomic E-state index is -4.00. The molecule has 2 amide bonds. The lowest BCUT2D eigenvalue weighted by molar-refractivity contribution is -0.123. The SMILES string of the molecule is CC(C)C[C@H](NC(=O)c1cc2ccccc2s1)C(=O)NC[C@H](O)CCNS(=O)(=O)c1ccc(F)cc1Cl. The molecule has 8 nitrogen and oxygen atoms in total. The number of aliphatic hydroxyl groups is 1. The topological polar surface area (TPSA) is 125 Å². The van der Waals surface area contributed by atoms with Gasteiger partial charge >= 0.3 is 0 Å². The van der Waals surface area contributed by atoms with Crippen LogP contribution in [0, 0.1) is 11.7 Å². The number of thiophene rings is 1. The van der Waals surface area contributed by atoms with Crippen LogP contribution in [-0.4, -0.2) is 50.6 Å². The van der Waals surface area contributed by atoms with Gasteiger partial charge in [-0.1, -0.05) is 43.6 Å². The molecule has 1 heterocycles. The van der Waals surface area contributed by atoms with Gasteiger partial charge in [-0.3, -0.25) is 9.59 Å². The van der Waals surface area contributed by atoms with Crippen LogP contribution in [0.1, 0.15) is 36.4 Å². The number of carbonyl (C=O) groups excluding carboxylic acids is 2. The first-order valence-electron chi connectivity index (χ1n) is 11.7. The summed E-state index contributed by atoms with van der Waals surface area (Å²) in [5.74, 6) is -1.33. The quantitative estimate of drug-likeness (QED) is 0.265. The van der Waals surface area contributed by atoms with Gasteiger partial charge in [0.05, 0.1) is 16.0 Å². The van der Waals surface area contributed by atoms with Crippen molar-refractivity contribution < 1.29 is 27.5 Å². The molecule has 12 heteroatoms. The molecule has 0 bridgehead atoms. The van der Waals surface area contributed by atoms with Crippen LogP contribution in [0.15, 0.2) is 53.4 Å². The molecular weight excluding hydrogens is 541 g/mol. The number of aliphatic hydroxyl groups excluding tert-OH is 1. The van der Waals surface area contributed by atoms with Gasteiger partial charge in [-0.05, 0) is 54.5 Å². The Morgan fingerprint density at radius 3 is 2.54 bits per heavy atom. The molecule has 3 aromatic rings. The summed E-state index contributed by atoms with van der Waals surface area (Å²) in [6.45, 7) is 3.59. The van der Waals surface area contributed by atoms with Crippen molar-refractivity contribution in [2.75, 3.05) is 13.1 Å². The number of benzene rings is 2. The first-order valence-corrected chi connectivity index (χ1v) is 14.3. The Bertz CT molecular complexity index is 1330. The second-order valence-corrected chi connectivity index (χ2v) is 12.2. The first kappa shape index (κ1) is 29.0. The molecule has 0 saturated heterocycles. The first-order chi connectivity index (χ1) is 17.5. The maximum atomic E-state index is 13.2. The van der Waals surface area contributed by atoms with Crippen LogP contribution in [0.2, 0.25) is 5.02 Å². The van der Waals surface area contributed by atoms with E-state index in [1.807, 2.05) is 38.1 Å². The zero-order chi connectivity index (χ0) is 27.2. The summed E-state index contributed by atoms with van der Waals surface area (Å²) >= 11 is 7.16. The number of nitrogens with one attached hydrogen (secondary N) is 3. The lowest BCUT2D eigenvalue weighted by Gasteiger charge is -2.21. The molecule has 2 atom stereocenters. The molecular formula is C25H29ClFN3O5S2. The molecule has 0 saturated carbocycles. The van der Waals surface area contributed by atoms with Crippen molar-refractivity contribution >= 4 is 54.9 Å². The molecule has 0 spiro atoms. The standard InChI is InChI=1S/C25H29ClFN3O5S2/c1-15(2)11-20(30-25(33)22-12-16-5-3-4-6-21(16)36-22)24(32)28-14-18(31)9-10-29-37(34,35)23-8-7-17(27)13-19(23)26/h3-8,12-13,15,18,20,29,31H,9-11,14H2,1-2H3,(H,28,32)(H,30,33)/t18-,20+/m1/s1. The van der Waals surface area contributed by atoms with Gasteiger partial charge in [-0.25, -0.2) is 17.5 Å². The normalized spacial score (nSPS) is 13.5. The summed E-state index contributed by atoms with van der Waals surface area (Å²) < 4.78 is 41.2. The Kier molecular flexibility index (Phi) is 10.0. The third-order valence-electron chi connectivity index (χ3n) is 5.44. The minimum Gasteiger partial charge on any atom is -0.391 e. The van der Waals surface area contributed by atoms with E-state index in [-0.39, 0.29) is 41.3 Å². The zero-order valence-corrected chi connectivity index (χ0v) is 22.7. The summed E-state index contributed by atoms with van der Waals surface area (Å²) in [4.78, 5) is 25.9. The highest BCUT2D eigenvalue weighted by Gasteiger charge is 2.24. The summed E-state index contributed by atoms with van der Waals surface area (Å²) in [6.07, 6.45) is -0.647. The van der Waals surface area contributed by atoms with Crippen LogP contribution in [0.4, 0.5) is 4.39 Å². The van der Waals surface area contributed by atoms with Crippen LogP contribution < -0.4 is 15.4 Å². The number of fused-ring (bicyclic) bond motifs is 1. The Morgan fingerprint density at radius 2 is 1.86 bits per heavy atom. The van der Waals surface area contributed by atoms with E-state index in [4.69, 9.17) is 11.6 Å². The third-order valence-corrected chi connectivity index (χ3v) is 8.50. The molecule has 37 heavy (non-hydrogen) atoms. The van der Waals surface area contributed by atoms with Gasteiger partial charge in [0.1, 0.15) is 16.8 Å². The Hall–Kier alpha value is -2.57. The molecule has 4 N–H and O–H groups in total. The fourth-order valence-corrected chi connectivity index (χ4v) is 6.14. The average Bonchev–Trinajstić information content (AvgIpc) is 3.26. The van der Waals surface area contributed by atoms with Gasteiger partial charge in [0.15, 0.2) is 0 Å². The summed E-state index contributed by atoms with van der Waals surface area (Å²) in [5.41, 5.74) is 0. The van der Waals surface area contributed by atoms with Gasteiger partial charge in [-0.15, -0.1) is 11.3 Å². The van der Waals surface area contributed by atoms with E-state index in [2.05, 4.69) is 15.4 Å². The van der Waals surface area contributed by atoms with Crippen molar-refractivity contribution in [2.45, 2.75) is 43.7 Å². The predicted octanol–water partition coefficient (Wildman–Crippen LogP) is 3.68. The number of amides is 2. The number of halogens is 2. The van der Waals surface area contributed by atoms with Gasteiger partial charge in [0.2, 0.25) is 15.9 Å². The Labute approximate surface area is 224 Å². The zero-order valence-electron chi connectivity index (χ0n) is 20.3. The Balaban J connectivity index is 1.51. The van der Waals surface area contributed by atoms with Gasteiger partial charge < -0.3 is 15.7 Å². The predicted molar refractivity (Wildman–Crippen MR) is 143 cm³/mol. The van der Waals surface area contributed by atoms with Crippen LogP contribution in [0.3, 0.4) is 0 Å². The monoisotopic (exact) mass is 569 g/mol. The van der Waals surface area contributed by atoms with Crippen molar-refractivity contribution in [3.63, 3.8) is 0 Å². The summed E-state index contributed by atoms with van der Waals surface area (Å²) in [7, 11) is -4.00. The van der Waals surface area contributed by atoms with Crippen LogP contribution in [-0.2, 0) is 14.8 Å². The molecule has 200 valence electrons. The molecule has 0 aliphatic rings. The van der Waals surface area contributed by atoms with E-state index < -0.39 is 33.9 Å². The van der Waals surface area contributed by atoms with E-state index in [9.17, 15) is 27.5 Å². The fraction of sp³-hybridized carbons (Fsp3) is 0.360. The molecule has 0 radical (unpaired) electrons. The van der Waals surface area contributed by atoms with Crippen LogP contribution in [0.25, 0.3) is 10.1 Å². The number of hydrogen-bond acceptors (Lipinski definition) is 6. The van der Waals surface area contributed by atoms with Crippen molar-refractivity contribution in [2.24, 2.45) is 5.92 Å². The largest absolute Gasteiger partial charge is 0.391 e. The van der Waals surface area contributed by atoms with Gasteiger partial charge in [-0.2, -0.15) is 0 Å². The third kappa shape index (κ3) is 8.21. The van der Waals surface area contributed by atoms with Crippen molar-refractivity contribution in [1.29, 1.82) is 0 Å². The molecule has 1 aromatic heterocycles. The van der Waals surface area contributed by atoms with Crippen LogP contribution in [0.5, 0.6) is 0 Å². The maximum Gasteiger partial charge on any atom is 0.262 e. The molecule has 0 unspecified atom stereocenters. The summed E-state index contributed by atoms with van der Waals surface area (Å²) in [5, 5.41) is 16.4. The van der Waals surface area contributed by atoms with Gasteiger partial charge in [0.25, 0.3) is 5.91 Å². The number of sulfonamides is 1. The second kappa shape index (κ2) is 12.8. The average molecular weight is 570 g/mol. The molecule has 0 fully saturated rings. The maximum absolute atomic E-state index is 13.2. The van der Waals surface area contributed by atoms with E-state index >= 15 is 0 Å². The molecule has 0 aliphatic heterocycles. The van der Waals surface area contributed by atoms with Crippen molar-refractivity contribution in [3.8, 4) is 0 Å². The molecule has 0 aliphatic carbocycles. The lowest BCUT2D eigenvalue weighted by Crippen LogP contribution is -2.49. The van der Waals surface area contributed by atoms with Crippen molar-refractivity contribution in [1.82, 2.24) is 15.4 Å². The lowest BCUT2D eigenvalue weighted by atomic mass is 10.0. The fourth-order valence-electron chi connectivity index (χ4n) is 3.60. The smallest absolute Gasteiger partial charge is 0.262 e. The second-order valence-electron chi connectivity index (χ2n) is 8.96. The highest BCUT2D eigenvalue weighted by atomic mass is 35.5. The van der Waals surface area contributed by atoms with E-state index in [0.29, 0.717) is 11.3 Å². The van der Waals surface area contributed by atoms with Crippen molar-refractivity contribution in [3.05, 3.63) is 64.2 Å².